The fourth-order valence-electron chi connectivity index (χ4n) is 3.72. The van der Waals surface area contributed by atoms with Crippen molar-refractivity contribution in [2.24, 2.45) is 5.92 Å². The van der Waals surface area contributed by atoms with Crippen molar-refractivity contribution in [1.82, 2.24) is 10.6 Å². The predicted octanol–water partition coefficient (Wildman–Crippen LogP) is 1.70. The first-order chi connectivity index (χ1) is 15.0. The number of aliphatic hydroxyl groups excluding tert-OH is 2. The van der Waals surface area contributed by atoms with E-state index in [1.165, 1.54) is 0 Å². The van der Waals surface area contributed by atoms with Gasteiger partial charge in [0.1, 0.15) is 12.7 Å². The predicted molar refractivity (Wildman–Crippen MR) is 116 cm³/mol. The molecule has 0 radical (unpaired) electrons. The molecule has 0 bridgehead atoms. The van der Waals surface area contributed by atoms with Gasteiger partial charge in [0.25, 0.3) is 0 Å². The smallest absolute Gasteiger partial charge is 0.332 e. The first-order valence-electron chi connectivity index (χ1n) is 10.6. The molecule has 2 aromatic carbocycles. The maximum Gasteiger partial charge on any atom is 0.332 e. The van der Waals surface area contributed by atoms with Gasteiger partial charge in [-0.3, -0.25) is 4.79 Å². The van der Waals surface area contributed by atoms with Gasteiger partial charge < -0.3 is 25.6 Å². The fourth-order valence-corrected chi connectivity index (χ4v) is 3.72. The van der Waals surface area contributed by atoms with Gasteiger partial charge in [-0.1, -0.05) is 67.6 Å². The third-order valence-electron chi connectivity index (χ3n) is 5.67. The summed E-state index contributed by atoms with van der Waals surface area (Å²) in [5, 5.41) is 27.2. The monoisotopic (exact) mass is 426 g/mol. The molecule has 0 aromatic heterocycles. The third-order valence-corrected chi connectivity index (χ3v) is 5.67. The largest absolute Gasteiger partial charge is 0.459 e. The zero-order valence-corrected chi connectivity index (χ0v) is 17.6. The molecule has 1 aliphatic heterocycles. The van der Waals surface area contributed by atoms with Gasteiger partial charge in [-0.25, -0.2) is 4.79 Å². The molecule has 1 aliphatic rings. The second kappa shape index (κ2) is 11.0. The lowest BCUT2D eigenvalue weighted by Gasteiger charge is -2.28. The van der Waals surface area contributed by atoms with Gasteiger partial charge in [0.2, 0.25) is 5.91 Å². The highest BCUT2D eigenvalue weighted by Gasteiger charge is 2.36. The van der Waals surface area contributed by atoms with Crippen LogP contribution in [0.3, 0.4) is 0 Å². The Morgan fingerprint density at radius 3 is 2.35 bits per heavy atom. The molecule has 1 fully saturated rings. The number of benzene rings is 2. The van der Waals surface area contributed by atoms with Crippen LogP contribution in [-0.2, 0) is 20.9 Å². The van der Waals surface area contributed by atoms with E-state index < -0.39 is 36.0 Å². The molecule has 0 aliphatic carbocycles. The van der Waals surface area contributed by atoms with E-state index in [-0.39, 0.29) is 12.6 Å². The summed E-state index contributed by atoms with van der Waals surface area (Å²) < 4.78 is 5.39. The van der Waals surface area contributed by atoms with Crippen LogP contribution in [0.2, 0.25) is 0 Å². The van der Waals surface area contributed by atoms with E-state index in [9.17, 15) is 19.8 Å². The summed E-state index contributed by atoms with van der Waals surface area (Å²) in [5.74, 6) is -2.02. The van der Waals surface area contributed by atoms with Crippen LogP contribution in [0.15, 0.2) is 60.7 Å². The van der Waals surface area contributed by atoms with Crippen molar-refractivity contribution in [2.45, 2.75) is 50.7 Å². The zero-order valence-electron chi connectivity index (χ0n) is 17.6. The van der Waals surface area contributed by atoms with Gasteiger partial charge in [-0.2, -0.15) is 0 Å². The Balaban J connectivity index is 1.71. The number of hydrogen-bond acceptors (Lipinski definition) is 6. The Labute approximate surface area is 182 Å². The van der Waals surface area contributed by atoms with Crippen LogP contribution >= 0.6 is 0 Å². The van der Waals surface area contributed by atoms with E-state index in [0.717, 1.165) is 24.9 Å². The number of aliphatic hydroxyl groups is 2. The van der Waals surface area contributed by atoms with Gasteiger partial charge in [-0.05, 0) is 30.5 Å². The molecule has 7 nitrogen and oxygen atoms in total. The Bertz CT molecular complexity index is 840. The summed E-state index contributed by atoms with van der Waals surface area (Å²) in [6.45, 7) is 2.44. The van der Waals surface area contributed by atoms with Crippen molar-refractivity contribution < 1.29 is 24.5 Å². The van der Waals surface area contributed by atoms with Crippen LogP contribution in [0.5, 0.6) is 0 Å². The molecule has 31 heavy (non-hydrogen) atoms. The number of carbonyl (C=O) groups excluding carboxylic acids is 2. The van der Waals surface area contributed by atoms with Crippen molar-refractivity contribution in [1.29, 1.82) is 0 Å². The van der Waals surface area contributed by atoms with E-state index in [1.807, 2.05) is 30.3 Å². The summed E-state index contributed by atoms with van der Waals surface area (Å²) in [4.78, 5) is 25.7. The van der Waals surface area contributed by atoms with Crippen LogP contribution in [0, 0.1) is 5.92 Å². The fraction of sp³-hybridized carbons (Fsp3) is 0.417. The average Bonchev–Trinajstić information content (AvgIpc) is 3.35. The van der Waals surface area contributed by atoms with Crippen LogP contribution < -0.4 is 10.6 Å². The van der Waals surface area contributed by atoms with E-state index in [1.54, 1.807) is 37.3 Å². The molecular weight excluding hydrogens is 396 g/mol. The van der Waals surface area contributed by atoms with Gasteiger partial charge >= 0.3 is 5.97 Å². The van der Waals surface area contributed by atoms with Crippen LogP contribution in [0.4, 0.5) is 0 Å². The molecule has 5 atom stereocenters. The minimum absolute atomic E-state index is 0.0255. The number of amides is 1. The Kier molecular flexibility index (Phi) is 8.17. The van der Waals surface area contributed by atoms with Crippen LogP contribution in [0.25, 0.3) is 0 Å². The third kappa shape index (κ3) is 6.13. The summed E-state index contributed by atoms with van der Waals surface area (Å²) >= 11 is 0. The molecular formula is C24H30N2O5. The van der Waals surface area contributed by atoms with Gasteiger partial charge in [-0.15, -0.1) is 0 Å². The zero-order chi connectivity index (χ0) is 22.2. The van der Waals surface area contributed by atoms with Gasteiger partial charge in [0.05, 0.1) is 12.0 Å². The maximum absolute atomic E-state index is 12.8. The van der Waals surface area contributed by atoms with Crippen LogP contribution in [-0.4, -0.2) is 46.8 Å². The second-order valence-corrected chi connectivity index (χ2v) is 7.92. The molecule has 4 N–H and O–H groups in total. The summed E-state index contributed by atoms with van der Waals surface area (Å²) in [7, 11) is 0. The summed E-state index contributed by atoms with van der Waals surface area (Å²) in [5.41, 5.74) is 1.28. The number of nitrogens with one attached hydrogen (secondary N) is 2. The first-order valence-corrected chi connectivity index (χ1v) is 10.6. The number of hydrogen-bond donors (Lipinski definition) is 4. The Morgan fingerprint density at radius 2 is 1.74 bits per heavy atom. The summed E-state index contributed by atoms with van der Waals surface area (Å²) in [6.07, 6.45) is -0.453. The molecule has 3 rings (SSSR count). The molecule has 7 heteroatoms. The van der Waals surface area contributed by atoms with Gasteiger partial charge in [0, 0.05) is 6.04 Å². The van der Waals surface area contributed by atoms with Crippen molar-refractivity contribution >= 4 is 11.9 Å². The topological polar surface area (TPSA) is 108 Å². The SMILES string of the molecule is C[C@@H](C(=O)N[C@H](C(=O)OCc1ccccc1)[C@H](O)c1ccccc1)[C@@H](O)[C@@H]1CCCN1. The minimum Gasteiger partial charge on any atom is -0.459 e. The highest BCUT2D eigenvalue weighted by atomic mass is 16.5. The number of esters is 1. The quantitative estimate of drug-likeness (QED) is 0.455. The van der Waals surface area contributed by atoms with Crippen molar-refractivity contribution in [3.8, 4) is 0 Å². The van der Waals surface area contributed by atoms with E-state index in [2.05, 4.69) is 10.6 Å². The molecule has 1 amide bonds. The molecule has 0 unspecified atom stereocenters. The Morgan fingerprint density at radius 1 is 1.10 bits per heavy atom. The second-order valence-electron chi connectivity index (χ2n) is 7.92. The molecule has 166 valence electrons. The number of carbonyl (C=O) groups is 2. The Hall–Kier alpha value is -2.74. The first kappa shape index (κ1) is 22.9. The minimum atomic E-state index is -1.30. The van der Waals surface area contributed by atoms with Gasteiger partial charge in [0.15, 0.2) is 6.04 Å². The highest BCUT2D eigenvalue weighted by Crippen LogP contribution is 2.21. The lowest BCUT2D eigenvalue weighted by molar-refractivity contribution is -0.153. The standard InChI is InChI=1S/C24H30N2O5/c1-16(21(27)19-13-8-14-25-19)23(29)26-20(22(28)18-11-6-3-7-12-18)24(30)31-15-17-9-4-2-5-10-17/h2-7,9-12,16,19-22,25,27-28H,8,13-15H2,1H3,(H,26,29)/t16-,19+,20+,21-,22-/m1/s1. The average molecular weight is 427 g/mol. The van der Waals surface area contributed by atoms with Crippen molar-refractivity contribution in [3.05, 3.63) is 71.8 Å². The molecule has 0 saturated carbocycles. The number of ether oxygens (including phenoxy) is 1. The van der Waals surface area contributed by atoms with E-state index >= 15 is 0 Å². The number of rotatable bonds is 9. The summed E-state index contributed by atoms with van der Waals surface area (Å²) in [6, 6.07) is 16.3. The molecule has 2 aromatic rings. The lowest BCUT2D eigenvalue weighted by atomic mass is 9.95. The van der Waals surface area contributed by atoms with E-state index in [0.29, 0.717) is 5.56 Å². The lowest BCUT2D eigenvalue weighted by Crippen LogP contribution is -2.51. The maximum atomic E-state index is 12.8. The molecule has 1 saturated heterocycles. The molecule has 0 spiro atoms. The van der Waals surface area contributed by atoms with Crippen molar-refractivity contribution in [2.75, 3.05) is 6.54 Å². The highest BCUT2D eigenvalue weighted by molar-refractivity contribution is 5.86. The molecule has 1 heterocycles. The van der Waals surface area contributed by atoms with E-state index in [4.69, 9.17) is 4.74 Å². The van der Waals surface area contributed by atoms with Crippen LogP contribution in [0.1, 0.15) is 37.0 Å². The van der Waals surface area contributed by atoms with Crippen molar-refractivity contribution in [3.63, 3.8) is 0 Å². The normalized spacial score (nSPS) is 19.8.